The largest absolute Gasteiger partial charge is 0.497 e. The number of nitrogens with one attached hydrogen (secondary N) is 2. The average Bonchev–Trinajstić information content (AvgIpc) is 2.44. The summed E-state index contributed by atoms with van der Waals surface area (Å²) in [6, 6.07) is 6.12. The molecule has 5 heteroatoms. The van der Waals surface area contributed by atoms with E-state index in [2.05, 4.69) is 17.6 Å². The summed E-state index contributed by atoms with van der Waals surface area (Å²) in [7, 11) is 1.65. The van der Waals surface area contributed by atoms with Crippen molar-refractivity contribution in [2.45, 2.75) is 30.7 Å². The van der Waals surface area contributed by atoms with Crippen molar-refractivity contribution in [1.29, 1.82) is 0 Å². The van der Waals surface area contributed by atoms with Gasteiger partial charge < -0.3 is 15.4 Å². The highest BCUT2D eigenvalue weighted by Crippen LogP contribution is 2.43. The Balaban J connectivity index is 1.94. The number of benzene rings is 1. The Hall–Kier alpha value is -1.62. The zero-order chi connectivity index (χ0) is 13.4. The number of amides is 1. The molecule has 1 aromatic rings. The van der Waals surface area contributed by atoms with Crippen LogP contribution < -0.4 is 15.4 Å². The highest BCUT2D eigenvalue weighted by Gasteiger charge is 2.30. The van der Waals surface area contributed by atoms with E-state index in [-0.39, 0.29) is 11.9 Å². The second-order valence-corrected chi connectivity index (χ2v) is 5.73. The molecular formula is C14H16N2O2S. The molecule has 0 bridgehead atoms. The lowest BCUT2D eigenvalue weighted by molar-refractivity contribution is -0.118. The smallest absolute Gasteiger partial charge is 0.260 e. The molecule has 3 rings (SSSR count). The van der Waals surface area contributed by atoms with Crippen LogP contribution in [0.25, 0.3) is 0 Å². The predicted molar refractivity (Wildman–Crippen MR) is 76.3 cm³/mol. The zero-order valence-corrected chi connectivity index (χ0v) is 11.8. The first-order chi connectivity index (χ1) is 9.21. The summed E-state index contributed by atoms with van der Waals surface area (Å²) < 4.78 is 5.22. The van der Waals surface area contributed by atoms with Crippen LogP contribution in [0.1, 0.15) is 19.8 Å². The summed E-state index contributed by atoms with van der Waals surface area (Å²) >= 11 is 1.52. The predicted octanol–water partition coefficient (Wildman–Crippen LogP) is 2.72. The molecule has 100 valence electrons. The number of fused-ring (bicyclic) bond motifs is 1. The summed E-state index contributed by atoms with van der Waals surface area (Å²) in [5, 5.41) is 6.42. The van der Waals surface area contributed by atoms with Crippen LogP contribution in [0.5, 0.6) is 5.75 Å². The Labute approximate surface area is 116 Å². The van der Waals surface area contributed by atoms with Crippen molar-refractivity contribution in [3.05, 3.63) is 28.8 Å². The van der Waals surface area contributed by atoms with Crippen LogP contribution in [0, 0.1) is 0 Å². The van der Waals surface area contributed by atoms with Crippen molar-refractivity contribution in [1.82, 2.24) is 5.32 Å². The molecule has 4 nitrogen and oxygen atoms in total. The maximum absolute atomic E-state index is 12.1. The summed E-state index contributed by atoms with van der Waals surface area (Å²) in [4.78, 5) is 13.9. The molecule has 1 aromatic carbocycles. The van der Waals surface area contributed by atoms with E-state index in [1.807, 2.05) is 18.2 Å². The molecule has 0 radical (unpaired) electrons. The van der Waals surface area contributed by atoms with Crippen LogP contribution in [-0.4, -0.2) is 19.1 Å². The average molecular weight is 276 g/mol. The number of hydrogen-bond acceptors (Lipinski definition) is 4. The number of anilines is 1. The van der Waals surface area contributed by atoms with Crippen molar-refractivity contribution < 1.29 is 9.53 Å². The van der Waals surface area contributed by atoms with E-state index >= 15 is 0 Å². The standard InChI is InChI=1S/C14H16N2O2S/c1-3-8-6-11-13(14(17)15-8)19-12-7-9(18-2)4-5-10(12)16-11/h4-5,7-8,16H,3,6H2,1-2H3,(H,15,17). The van der Waals surface area contributed by atoms with E-state index in [9.17, 15) is 4.79 Å². The third-order valence-electron chi connectivity index (χ3n) is 3.45. The van der Waals surface area contributed by atoms with Gasteiger partial charge in [-0.3, -0.25) is 4.79 Å². The Morgan fingerprint density at radius 2 is 2.32 bits per heavy atom. The first-order valence-corrected chi connectivity index (χ1v) is 7.20. The number of carbonyl (C=O) groups is 1. The SMILES string of the molecule is CCC1CC2=C(Sc3cc(OC)ccc3N2)C(=O)N1. The number of hydrogen-bond donors (Lipinski definition) is 2. The van der Waals surface area contributed by atoms with E-state index in [4.69, 9.17) is 4.74 Å². The lowest BCUT2D eigenvalue weighted by Crippen LogP contribution is -2.41. The molecule has 0 aromatic heterocycles. The van der Waals surface area contributed by atoms with Crippen LogP contribution in [0.15, 0.2) is 33.7 Å². The summed E-state index contributed by atoms with van der Waals surface area (Å²) in [5.41, 5.74) is 2.09. The van der Waals surface area contributed by atoms with Crippen molar-refractivity contribution in [2.24, 2.45) is 0 Å². The van der Waals surface area contributed by atoms with Gasteiger partial charge in [-0.25, -0.2) is 0 Å². The second-order valence-electron chi connectivity index (χ2n) is 4.68. The Morgan fingerprint density at radius 3 is 3.05 bits per heavy atom. The zero-order valence-electron chi connectivity index (χ0n) is 10.9. The van der Waals surface area contributed by atoms with Gasteiger partial charge in [-0.1, -0.05) is 18.7 Å². The van der Waals surface area contributed by atoms with E-state index in [1.54, 1.807) is 7.11 Å². The number of rotatable bonds is 2. The van der Waals surface area contributed by atoms with E-state index in [0.29, 0.717) is 0 Å². The van der Waals surface area contributed by atoms with E-state index in [0.717, 1.165) is 39.8 Å². The number of carbonyl (C=O) groups excluding carboxylic acids is 1. The maximum atomic E-state index is 12.1. The Bertz CT molecular complexity index is 569. The van der Waals surface area contributed by atoms with Gasteiger partial charge in [0.1, 0.15) is 5.75 Å². The molecule has 0 fully saturated rings. The van der Waals surface area contributed by atoms with Crippen LogP contribution in [0.3, 0.4) is 0 Å². The fourth-order valence-corrected chi connectivity index (χ4v) is 3.36. The van der Waals surface area contributed by atoms with Crippen molar-refractivity contribution in [2.75, 3.05) is 12.4 Å². The Kier molecular flexibility index (Phi) is 3.14. The van der Waals surface area contributed by atoms with Gasteiger partial charge in [-0.15, -0.1) is 0 Å². The van der Waals surface area contributed by atoms with Crippen molar-refractivity contribution in [3.63, 3.8) is 0 Å². The summed E-state index contributed by atoms with van der Waals surface area (Å²) in [5.74, 6) is 0.832. The quantitative estimate of drug-likeness (QED) is 0.872. The van der Waals surface area contributed by atoms with Gasteiger partial charge in [-0.2, -0.15) is 0 Å². The fraction of sp³-hybridized carbons (Fsp3) is 0.357. The molecule has 1 unspecified atom stereocenters. The first kappa shape index (κ1) is 12.4. The Morgan fingerprint density at radius 1 is 1.47 bits per heavy atom. The van der Waals surface area contributed by atoms with Gasteiger partial charge in [0.25, 0.3) is 5.91 Å². The minimum Gasteiger partial charge on any atom is -0.497 e. The second kappa shape index (κ2) is 4.81. The highest BCUT2D eigenvalue weighted by molar-refractivity contribution is 8.04. The molecule has 2 aliphatic rings. The van der Waals surface area contributed by atoms with Crippen molar-refractivity contribution >= 4 is 23.4 Å². The molecule has 0 spiro atoms. The molecule has 0 saturated heterocycles. The van der Waals surface area contributed by atoms with E-state index < -0.39 is 0 Å². The van der Waals surface area contributed by atoms with Crippen LogP contribution in [0.4, 0.5) is 5.69 Å². The van der Waals surface area contributed by atoms with Gasteiger partial charge in [0.2, 0.25) is 0 Å². The van der Waals surface area contributed by atoms with Crippen LogP contribution in [0.2, 0.25) is 0 Å². The minimum atomic E-state index is 0.0269. The highest BCUT2D eigenvalue weighted by atomic mass is 32.2. The minimum absolute atomic E-state index is 0.0269. The monoisotopic (exact) mass is 276 g/mol. The normalized spacial score (nSPS) is 21.2. The molecule has 0 saturated carbocycles. The molecule has 0 aliphatic carbocycles. The topological polar surface area (TPSA) is 50.4 Å². The molecule has 2 N–H and O–H groups in total. The van der Waals surface area contributed by atoms with Crippen LogP contribution in [-0.2, 0) is 4.79 Å². The molecule has 1 amide bonds. The molecular weight excluding hydrogens is 260 g/mol. The lowest BCUT2D eigenvalue weighted by Gasteiger charge is -2.31. The van der Waals surface area contributed by atoms with Crippen molar-refractivity contribution in [3.8, 4) is 5.75 Å². The number of ether oxygens (including phenoxy) is 1. The number of methoxy groups -OCH3 is 1. The van der Waals surface area contributed by atoms with Gasteiger partial charge >= 0.3 is 0 Å². The molecule has 2 heterocycles. The molecule has 2 aliphatic heterocycles. The van der Waals surface area contributed by atoms with Gasteiger partial charge in [0.15, 0.2) is 0 Å². The third kappa shape index (κ3) is 2.18. The number of thioether (sulfide) groups is 1. The first-order valence-electron chi connectivity index (χ1n) is 6.38. The van der Waals surface area contributed by atoms with Crippen LogP contribution >= 0.6 is 11.8 Å². The van der Waals surface area contributed by atoms with E-state index in [1.165, 1.54) is 11.8 Å². The van der Waals surface area contributed by atoms with Gasteiger partial charge in [0.05, 0.1) is 17.7 Å². The molecule has 1 atom stereocenters. The van der Waals surface area contributed by atoms with Gasteiger partial charge in [0, 0.05) is 23.1 Å². The molecule has 19 heavy (non-hydrogen) atoms. The van der Waals surface area contributed by atoms with Gasteiger partial charge in [-0.05, 0) is 24.6 Å². The summed E-state index contributed by atoms with van der Waals surface area (Å²) in [6.07, 6.45) is 1.82. The third-order valence-corrected chi connectivity index (χ3v) is 4.64. The summed E-state index contributed by atoms with van der Waals surface area (Å²) in [6.45, 7) is 2.09. The fourth-order valence-electron chi connectivity index (χ4n) is 2.33. The maximum Gasteiger partial charge on any atom is 0.260 e. The lowest BCUT2D eigenvalue weighted by atomic mass is 10.0.